The number of aryl methyl sites for hydroxylation is 1. The second-order valence-electron chi connectivity index (χ2n) is 8.78. The number of morpholine rings is 1. The van der Waals surface area contributed by atoms with Gasteiger partial charge in [0.2, 0.25) is 5.91 Å². The van der Waals surface area contributed by atoms with Crippen LogP contribution in [-0.2, 0) is 16.1 Å². The molecule has 3 heterocycles. The lowest BCUT2D eigenvalue weighted by atomic mass is 9.86. The van der Waals surface area contributed by atoms with E-state index in [4.69, 9.17) is 4.74 Å². The topological polar surface area (TPSA) is 57.7 Å². The lowest BCUT2D eigenvalue weighted by molar-refractivity contribution is -0.116. The first kappa shape index (κ1) is 21.9. The molecular weight excluding hydrogens is 388 g/mol. The number of hydrogen-bond donors (Lipinski definition) is 1. The number of amides is 1. The molecule has 0 saturated carbocycles. The summed E-state index contributed by atoms with van der Waals surface area (Å²) in [6.45, 7) is 8.63. The number of anilines is 1. The minimum Gasteiger partial charge on any atom is -0.379 e. The van der Waals surface area contributed by atoms with Gasteiger partial charge in [0.05, 0.1) is 18.9 Å². The Morgan fingerprint density at radius 2 is 2.03 bits per heavy atom. The van der Waals surface area contributed by atoms with Gasteiger partial charge in [0.25, 0.3) is 0 Å². The van der Waals surface area contributed by atoms with E-state index in [0.717, 1.165) is 75.7 Å². The Hall–Kier alpha value is -2.28. The highest BCUT2D eigenvalue weighted by Crippen LogP contribution is 2.28. The number of pyridine rings is 1. The predicted molar refractivity (Wildman–Crippen MR) is 123 cm³/mol. The van der Waals surface area contributed by atoms with E-state index in [0.29, 0.717) is 18.4 Å². The number of aromatic nitrogens is 1. The molecule has 0 unspecified atom stereocenters. The molecule has 2 fully saturated rings. The third kappa shape index (κ3) is 6.35. The van der Waals surface area contributed by atoms with E-state index in [-0.39, 0.29) is 5.91 Å². The van der Waals surface area contributed by atoms with Gasteiger partial charge in [-0.15, -0.1) is 0 Å². The molecule has 2 atom stereocenters. The largest absolute Gasteiger partial charge is 0.379 e. The normalized spacial score (nSPS) is 22.9. The third-order valence-corrected chi connectivity index (χ3v) is 6.45. The molecule has 1 amide bonds. The van der Waals surface area contributed by atoms with Crippen LogP contribution in [0.3, 0.4) is 0 Å². The van der Waals surface area contributed by atoms with Gasteiger partial charge in [-0.1, -0.05) is 18.2 Å². The zero-order valence-corrected chi connectivity index (χ0v) is 18.5. The van der Waals surface area contributed by atoms with Crippen LogP contribution in [0.1, 0.15) is 30.5 Å². The molecule has 0 aliphatic carbocycles. The fourth-order valence-corrected chi connectivity index (χ4v) is 4.90. The van der Waals surface area contributed by atoms with Gasteiger partial charge in [0.15, 0.2) is 0 Å². The van der Waals surface area contributed by atoms with Crippen LogP contribution in [0.2, 0.25) is 0 Å². The molecule has 2 aliphatic heterocycles. The monoisotopic (exact) mass is 422 g/mol. The van der Waals surface area contributed by atoms with Crippen LogP contribution in [0.4, 0.5) is 5.69 Å². The number of ether oxygens (including phenoxy) is 1. The molecule has 6 nitrogen and oxygen atoms in total. The van der Waals surface area contributed by atoms with E-state index in [1.54, 1.807) is 0 Å². The second-order valence-corrected chi connectivity index (χ2v) is 8.78. The Balaban J connectivity index is 1.37. The Labute approximate surface area is 185 Å². The number of benzene rings is 1. The van der Waals surface area contributed by atoms with Gasteiger partial charge in [-0.3, -0.25) is 19.6 Å². The van der Waals surface area contributed by atoms with Crippen molar-refractivity contribution >= 4 is 11.6 Å². The first-order valence-electron chi connectivity index (χ1n) is 11.5. The lowest BCUT2D eigenvalue weighted by Gasteiger charge is -2.45. The van der Waals surface area contributed by atoms with E-state index in [9.17, 15) is 4.79 Å². The molecule has 0 radical (unpaired) electrons. The van der Waals surface area contributed by atoms with Gasteiger partial charge in [0, 0.05) is 57.1 Å². The van der Waals surface area contributed by atoms with Gasteiger partial charge in [0.1, 0.15) is 0 Å². The van der Waals surface area contributed by atoms with E-state index in [1.807, 2.05) is 43.5 Å². The minimum atomic E-state index is 0.105. The van der Waals surface area contributed by atoms with Gasteiger partial charge >= 0.3 is 0 Å². The Morgan fingerprint density at radius 1 is 1.16 bits per heavy atom. The molecule has 4 rings (SSSR count). The number of carbonyl (C=O) groups excluding carboxylic acids is 1. The van der Waals surface area contributed by atoms with Gasteiger partial charge in [-0.05, 0) is 55.5 Å². The maximum atomic E-state index is 12.7. The maximum Gasteiger partial charge on any atom is 0.224 e. The van der Waals surface area contributed by atoms with E-state index in [1.165, 1.54) is 0 Å². The van der Waals surface area contributed by atoms with Crippen LogP contribution in [0.5, 0.6) is 0 Å². The van der Waals surface area contributed by atoms with E-state index in [2.05, 4.69) is 32.2 Å². The molecule has 166 valence electrons. The van der Waals surface area contributed by atoms with Crippen molar-refractivity contribution in [1.82, 2.24) is 14.8 Å². The smallest absolute Gasteiger partial charge is 0.224 e. The number of carbonyl (C=O) groups is 1. The molecule has 1 N–H and O–H groups in total. The quantitative estimate of drug-likeness (QED) is 0.742. The fourth-order valence-electron chi connectivity index (χ4n) is 4.90. The Bertz CT molecular complexity index is 838. The Morgan fingerprint density at radius 3 is 2.81 bits per heavy atom. The highest BCUT2D eigenvalue weighted by atomic mass is 16.5. The van der Waals surface area contributed by atoms with Crippen LogP contribution in [0, 0.1) is 12.8 Å². The van der Waals surface area contributed by atoms with Crippen LogP contribution in [0.25, 0.3) is 0 Å². The molecule has 2 aliphatic rings. The summed E-state index contributed by atoms with van der Waals surface area (Å²) < 4.78 is 5.58. The Kier molecular flexibility index (Phi) is 7.67. The summed E-state index contributed by atoms with van der Waals surface area (Å²) in [6, 6.07) is 14.6. The van der Waals surface area contributed by atoms with Crippen molar-refractivity contribution in [2.45, 2.75) is 38.8 Å². The van der Waals surface area contributed by atoms with Crippen molar-refractivity contribution in [1.29, 1.82) is 0 Å². The average molecular weight is 423 g/mol. The van der Waals surface area contributed by atoms with Crippen LogP contribution in [-0.4, -0.2) is 66.1 Å². The standard InChI is InChI=1S/C25H34N4O2/c1-20-5-4-7-22(17-20)27-25(30)9-8-21-18-28(19-23-6-2-3-11-26-23)12-10-24(21)29-13-15-31-16-14-29/h2-7,11,17,21,24H,8-10,12-16,18-19H2,1H3,(H,27,30)/t21-,24+/m0/s1. The highest BCUT2D eigenvalue weighted by Gasteiger charge is 2.34. The number of piperidine rings is 1. The molecule has 1 aromatic carbocycles. The molecule has 6 heteroatoms. The molecule has 0 spiro atoms. The van der Waals surface area contributed by atoms with Crippen molar-refractivity contribution < 1.29 is 9.53 Å². The number of nitrogens with zero attached hydrogens (tertiary/aromatic N) is 3. The van der Waals surface area contributed by atoms with Crippen LogP contribution >= 0.6 is 0 Å². The molecule has 31 heavy (non-hydrogen) atoms. The minimum absolute atomic E-state index is 0.105. The van der Waals surface area contributed by atoms with Crippen molar-refractivity contribution in [2.75, 3.05) is 44.7 Å². The summed E-state index contributed by atoms with van der Waals surface area (Å²) in [5.41, 5.74) is 3.15. The number of nitrogens with one attached hydrogen (secondary N) is 1. The zero-order chi connectivity index (χ0) is 21.5. The van der Waals surface area contributed by atoms with Gasteiger partial charge in [-0.25, -0.2) is 0 Å². The van der Waals surface area contributed by atoms with E-state index >= 15 is 0 Å². The summed E-state index contributed by atoms with van der Waals surface area (Å²) in [7, 11) is 0. The highest BCUT2D eigenvalue weighted by molar-refractivity contribution is 5.90. The average Bonchev–Trinajstić information content (AvgIpc) is 2.79. The first-order valence-corrected chi connectivity index (χ1v) is 11.5. The van der Waals surface area contributed by atoms with Gasteiger partial charge < -0.3 is 10.1 Å². The van der Waals surface area contributed by atoms with Gasteiger partial charge in [-0.2, -0.15) is 0 Å². The summed E-state index contributed by atoms with van der Waals surface area (Å²) in [5.74, 6) is 0.576. The lowest BCUT2D eigenvalue weighted by Crippen LogP contribution is -2.54. The zero-order valence-electron chi connectivity index (χ0n) is 18.5. The molecule has 2 saturated heterocycles. The molecule has 0 bridgehead atoms. The van der Waals surface area contributed by atoms with Crippen LogP contribution in [0.15, 0.2) is 48.7 Å². The van der Waals surface area contributed by atoms with E-state index < -0.39 is 0 Å². The number of hydrogen-bond acceptors (Lipinski definition) is 5. The van der Waals surface area contributed by atoms with Crippen LogP contribution < -0.4 is 5.32 Å². The van der Waals surface area contributed by atoms with Crippen molar-refractivity contribution in [3.8, 4) is 0 Å². The fraction of sp³-hybridized carbons (Fsp3) is 0.520. The van der Waals surface area contributed by atoms with Crippen molar-refractivity contribution in [2.24, 2.45) is 5.92 Å². The van der Waals surface area contributed by atoms with Crippen molar-refractivity contribution in [3.05, 3.63) is 59.9 Å². The van der Waals surface area contributed by atoms with Crippen molar-refractivity contribution in [3.63, 3.8) is 0 Å². The maximum absolute atomic E-state index is 12.7. The third-order valence-electron chi connectivity index (χ3n) is 6.45. The second kappa shape index (κ2) is 10.8. The predicted octanol–water partition coefficient (Wildman–Crippen LogP) is 3.33. The number of likely N-dealkylation sites (tertiary alicyclic amines) is 1. The molecule has 2 aromatic rings. The summed E-state index contributed by atoms with van der Waals surface area (Å²) in [4.78, 5) is 22.2. The summed E-state index contributed by atoms with van der Waals surface area (Å²) >= 11 is 0. The molecule has 1 aromatic heterocycles. The first-order chi connectivity index (χ1) is 15.2. The summed E-state index contributed by atoms with van der Waals surface area (Å²) in [5, 5.41) is 3.07. The number of rotatable bonds is 7. The SMILES string of the molecule is Cc1cccc(NC(=O)CC[C@H]2CN(Cc3ccccn3)CC[C@H]2N2CCOCC2)c1. The molecular formula is C25H34N4O2. The summed E-state index contributed by atoms with van der Waals surface area (Å²) in [6.07, 6.45) is 4.45.